The molecule has 3 aromatic rings. The number of rotatable bonds is 3. The quantitative estimate of drug-likeness (QED) is 0.725. The third-order valence-corrected chi connectivity index (χ3v) is 4.89. The van der Waals surface area contributed by atoms with Crippen LogP contribution in [-0.2, 0) is 7.05 Å². The van der Waals surface area contributed by atoms with Crippen LogP contribution in [0.2, 0.25) is 0 Å². The van der Waals surface area contributed by atoms with Gasteiger partial charge >= 0.3 is 0 Å². The molecule has 0 aliphatic carbocycles. The van der Waals surface area contributed by atoms with Crippen molar-refractivity contribution in [2.45, 2.75) is 32.7 Å². The SMILES string of the molecule is Cc1noc(C)c1-c1ccc(C2CCCN2C(=O)c2cn(C)cn2)nc1. The lowest BCUT2D eigenvalue weighted by molar-refractivity contribution is 0.0727. The molecule has 0 aromatic carbocycles. The van der Waals surface area contributed by atoms with Gasteiger partial charge in [-0.15, -0.1) is 0 Å². The Morgan fingerprint density at radius 3 is 2.73 bits per heavy atom. The van der Waals surface area contributed by atoms with E-state index in [9.17, 15) is 4.79 Å². The summed E-state index contributed by atoms with van der Waals surface area (Å²) in [6.07, 6.45) is 7.12. The average Bonchev–Trinajstić information content (AvgIpc) is 3.35. The molecule has 1 atom stereocenters. The lowest BCUT2D eigenvalue weighted by Gasteiger charge is -2.23. The van der Waals surface area contributed by atoms with Crippen LogP contribution in [0.3, 0.4) is 0 Å². The van der Waals surface area contributed by atoms with Crippen molar-refractivity contribution in [1.29, 1.82) is 0 Å². The molecule has 26 heavy (non-hydrogen) atoms. The predicted molar refractivity (Wildman–Crippen MR) is 95.4 cm³/mol. The van der Waals surface area contributed by atoms with Crippen molar-refractivity contribution in [3.8, 4) is 11.1 Å². The Morgan fingerprint density at radius 2 is 2.12 bits per heavy atom. The highest BCUT2D eigenvalue weighted by atomic mass is 16.5. The zero-order valence-corrected chi connectivity index (χ0v) is 15.1. The zero-order chi connectivity index (χ0) is 18.3. The Hall–Kier alpha value is -2.96. The molecule has 3 aromatic heterocycles. The molecule has 1 saturated heterocycles. The Balaban J connectivity index is 1.59. The molecule has 1 amide bonds. The summed E-state index contributed by atoms with van der Waals surface area (Å²) in [6.45, 7) is 4.55. The van der Waals surface area contributed by atoms with Crippen LogP contribution in [0.15, 0.2) is 35.4 Å². The van der Waals surface area contributed by atoms with E-state index in [2.05, 4.69) is 15.1 Å². The van der Waals surface area contributed by atoms with Crippen molar-refractivity contribution in [3.05, 3.63) is 53.7 Å². The Bertz CT molecular complexity index is 922. The van der Waals surface area contributed by atoms with Gasteiger partial charge in [0.05, 0.1) is 23.8 Å². The Morgan fingerprint density at radius 1 is 1.27 bits per heavy atom. The van der Waals surface area contributed by atoms with Gasteiger partial charge in [-0.1, -0.05) is 11.2 Å². The van der Waals surface area contributed by atoms with Crippen molar-refractivity contribution in [2.75, 3.05) is 6.54 Å². The van der Waals surface area contributed by atoms with Gasteiger partial charge in [-0.3, -0.25) is 9.78 Å². The van der Waals surface area contributed by atoms with Crippen molar-refractivity contribution in [1.82, 2.24) is 24.6 Å². The van der Waals surface area contributed by atoms with E-state index in [1.165, 1.54) is 0 Å². The third kappa shape index (κ3) is 2.79. The average molecular weight is 351 g/mol. The molecular formula is C19H21N5O2. The number of hydrogen-bond acceptors (Lipinski definition) is 5. The van der Waals surface area contributed by atoms with Gasteiger partial charge in [0.15, 0.2) is 0 Å². The molecule has 0 saturated carbocycles. The lowest BCUT2D eigenvalue weighted by atomic mass is 10.0. The van der Waals surface area contributed by atoms with Gasteiger partial charge in [0.1, 0.15) is 11.5 Å². The zero-order valence-electron chi connectivity index (χ0n) is 15.1. The summed E-state index contributed by atoms with van der Waals surface area (Å²) in [5, 5.41) is 4.00. The standard InChI is InChI=1S/C19H21N5O2/c1-12-18(13(2)26-22-12)14-6-7-15(20-9-14)17-5-4-8-24(17)19(25)16-10-23(3)11-21-16/h6-7,9-11,17H,4-5,8H2,1-3H3. The molecule has 7 nitrogen and oxygen atoms in total. The minimum absolute atomic E-state index is 0.0109. The highest BCUT2D eigenvalue weighted by Gasteiger charge is 2.32. The molecule has 4 rings (SSSR count). The third-order valence-electron chi connectivity index (χ3n) is 4.89. The minimum atomic E-state index is -0.0373. The second-order valence-electron chi connectivity index (χ2n) is 6.75. The number of amides is 1. The molecule has 0 radical (unpaired) electrons. The van der Waals surface area contributed by atoms with Gasteiger partial charge in [-0.05, 0) is 32.8 Å². The van der Waals surface area contributed by atoms with Crippen LogP contribution in [0.25, 0.3) is 11.1 Å². The molecule has 0 N–H and O–H groups in total. The molecule has 4 heterocycles. The number of nitrogens with zero attached hydrogens (tertiary/aromatic N) is 5. The predicted octanol–water partition coefficient (Wildman–Crippen LogP) is 3.06. The normalized spacial score (nSPS) is 17.0. The number of imidazole rings is 1. The number of carbonyl (C=O) groups excluding carboxylic acids is 1. The summed E-state index contributed by atoms with van der Waals surface area (Å²) in [5.41, 5.74) is 4.20. The molecule has 0 spiro atoms. The maximum absolute atomic E-state index is 12.8. The van der Waals surface area contributed by atoms with Gasteiger partial charge in [0.2, 0.25) is 0 Å². The molecule has 0 bridgehead atoms. The monoisotopic (exact) mass is 351 g/mol. The number of carbonyl (C=O) groups is 1. The topological polar surface area (TPSA) is 77.0 Å². The lowest BCUT2D eigenvalue weighted by Crippen LogP contribution is -2.31. The van der Waals surface area contributed by atoms with Crippen molar-refractivity contribution >= 4 is 5.91 Å². The Kier molecular flexibility index (Phi) is 4.06. The first-order valence-electron chi connectivity index (χ1n) is 8.72. The summed E-state index contributed by atoms with van der Waals surface area (Å²) in [5.74, 6) is 0.745. The maximum atomic E-state index is 12.8. The van der Waals surface area contributed by atoms with E-state index in [1.54, 1.807) is 17.1 Å². The number of aromatic nitrogens is 4. The van der Waals surface area contributed by atoms with Crippen LogP contribution in [0.4, 0.5) is 0 Å². The van der Waals surface area contributed by atoms with Crippen LogP contribution in [0.1, 0.15) is 46.5 Å². The second-order valence-corrected chi connectivity index (χ2v) is 6.75. The summed E-state index contributed by atoms with van der Waals surface area (Å²) >= 11 is 0. The first-order valence-corrected chi connectivity index (χ1v) is 8.72. The molecule has 134 valence electrons. The Labute approximate surface area is 151 Å². The molecule has 1 unspecified atom stereocenters. The maximum Gasteiger partial charge on any atom is 0.274 e. The van der Waals surface area contributed by atoms with Crippen LogP contribution in [-0.4, -0.2) is 37.0 Å². The first kappa shape index (κ1) is 16.5. The fraction of sp³-hybridized carbons (Fsp3) is 0.368. The number of hydrogen-bond donors (Lipinski definition) is 0. The summed E-state index contributed by atoms with van der Waals surface area (Å²) in [4.78, 5) is 23.5. The van der Waals surface area contributed by atoms with E-state index in [4.69, 9.17) is 4.52 Å². The van der Waals surface area contributed by atoms with Crippen molar-refractivity contribution in [2.24, 2.45) is 7.05 Å². The molecule has 1 aliphatic rings. The van der Waals surface area contributed by atoms with Gasteiger partial charge in [-0.25, -0.2) is 4.98 Å². The number of aryl methyl sites for hydroxylation is 3. The van der Waals surface area contributed by atoms with Crippen LogP contribution in [0, 0.1) is 13.8 Å². The van der Waals surface area contributed by atoms with Crippen LogP contribution in [0.5, 0.6) is 0 Å². The van der Waals surface area contributed by atoms with Crippen LogP contribution < -0.4 is 0 Å². The smallest absolute Gasteiger partial charge is 0.274 e. The van der Waals surface area contributed by atoms with Crippen molar-refractivity contribution in [3.63, 3.8) is 0 Å². The summed E-state index contributed by atoms with van der Waals surface area (Å²) in [6, 6.07) is 4.01. The fourth-order valence-corrected chi connectivity index (χ4v) is 3.63. The number of pyridine rings is 1. The van der Waals surface area contributed by atoms with E-state index in [0.717, 1.165) is 47.7 Å². The van der Waals surface area contributed by atoms with Gasteiger partial charge < -0.3 is 14.0 Å². The van der Waals surface area contributed by atoms with E-state index in [1.807, 2.05) is 44.1 Å². The second kappa shape index (κ2) is 6.40. The molecule has 7 heteroatoms. The van der Waals surface area contributed by atoms with E-state index in [-0.39, 0.29) is 11.9 Å². The highest BCUT2D eigenvalue weighted by molar-refractivity contribution is 5.92. The van der Waals surface area contributed by atoms with Crippen molar-refractivity contribution < 1.29 is 9.32 Å². The largest absolute Gasteiger partial charge is 0.361 e. The highest BCUT2D eigenvalue weighted by Crippen LogP contribution is 2.33. The number of likely N-dealkylation sites (tertiary alicyclic amines) is 1. The van der Waals surface area contributed by atoms with Gasteiger partial charge in [-0.2, -0.15) is 0 Å². The summed E-state index contributed by atoms with van der Waals surface area (Å²) in [7, 11) is 1.86. The van der Waals surface area contributed by atoms with Gasteiger partial charge in [0.25, 0.3) is 5.91 Å². The van der Waals surface area contributed by atoms with E-state index >= 15 is 0 Å². The van der Waals surface area contributed by atoms with E-state index < -0.39 is 0 Å². The van der Waals surface area contributed by atoms with E-state index in [0.29, 0.717) is 5.69 Å². The molecule has 1 fully saturated rings. The minimum Gasteiger partial charge on any atom is -0.361 e. The first-order chi connectivity index (χ1) is 12.5. The fourth-order valence-electron chi connectivity index (χ4n) is 3.63. The van der Waals surface area contributed by atoms with Gasteiger partial charge in [0, 0.05) is 37.1 Å². The van der Waals surface area contributed by atoms with Crippen LogP contribution >= 0.6 is 0 Å². The summed E-state index contributed by atoms with van der Waals surface area (Å²) < 4.78 is 7.03. The molecule has 1 aliphatic heterocycles. The molecular weight excluding hydrogens is 330 g/mol.